The molecular weight excluding hydrogens is 357 g/mol. The van der Waals surface area contributed by atoms with Crippen LogP contribution in [0.1, 0.15) is 11.3 Å². The molecule has 1 N–H and O–H groups in total. The molecule has 0 aliphatic rings. The van der Waals surface area contributed by atoms with Crippen molar-refractivity contribution in [2.45, 2.75) is 25.2 Å². The van der Waals surface area contributed by atoms with Crippen LogP contribution in [0, 0.1) is 6.92 Å². The second-order valence-corrected chi connectivity index (χ2v) is 7.25. The molecule has 0 unspecified atom stereocenters. The van der Waals surface area contributed by atoms with Crippen LogP contribution in [0.2, 0.25) is 6.82 Å². The molecule has 0 aliphatic carbocycles. The van der Waals surface area contributed by atoms with Crippen LogP contribution in [-0.4, -0.2) is 25.0 Å². The van der Waals surface area contributed by atoms with Crippen molar-refractivity contribution in [2.24, 2.45) is 0 Å². The topological polar surface area (TPSA) is 68.5 Å². The largest absolute Gasteiger partial charge is 0.432 e. The van der Waals surface area contributed by atoms with E-state index in [9.17, 15) is 13.4 Å². The number of halogens is 1. The molecule has 1 heterocycles. The Morgan fingerprint density at radius 3 is 2.52 bits per heavy atom. The zero-order chi connectivity index (χ0) is 15.6. The Hall–Kier alpha value is -1.09. The van der Waals surface area contributed by atoms with Gasteiger partial charge in [-0.15, -0.1) is 0 Å². The van der Waals surface area contributed by atoms with Crippen LogP contribution in [-0.2, 0) is 20.9 Å². The molecule has 0 fully saturated rings. The van der Waals surface area contributed by atoms with Crippen molar-refractivity contribution in [1.82, 2.24) is 4.48 Å². The maximum Gasteiger partial charge on any atom is 0.413 e. The van der Waals surface area contributed by atoms with E-state index in [1.54, 1.807) is 31.2 Å². The molecule has 112 valence electrons. The molecule has 0 spiro atoms. The molecule has 5 nitrogen and oxygen atoms in total. The van der Waals surface area contributed by atoms with E-state index in [-0.39, 0.29) is 11.5 Å². The molecule has 2 rings (SSSR count). The monoisotopic (exact) mass is 371 g/mol. The fourth-order valence-corrected chi connectivity index (χ4v) is 3.23. The number of benzene rings is 1. The summed E-state index contributed by atoms with van der Waals surface area (Å²) >= 11 is 3.29. The van der Waals surface area contributed by atoms with E-state index >= 15 is 0 Å². The van der Waals surface area contributed by atoms with Gasteiger partial charge in [-0.25, -0.2) is 0 Å². The SMILES string of the molecule is CB(O)n1cc(Br)cc1COS(=O)(=O)c1ccc(C)cc1. The highest BCUT2D eigenvalue weighted by Crippen LogP contribution is 2.19. The van der Waals surface area contributed by atoms with Crippen molar-refractivity contribution >= 4 is 33.1 Å². The zero-order valence-electron chi connectivity index (χ0n) is 11.7. The number of rotatable bonds is 5. The van der Waals surface area contributed by atoms with Gasteiger partial charge in [-0.05, 0) is 47.9 Å². The molecular formula is C13H15BBrNO4S. The lowest BCUT2D eigenvalue weighted by atomic mass is 9.88. The highest BCUT2D eigenvalue weighted by Gasteiger charge is 2.18. The second-order valence-electron chi connectivity index (χ2n) is 4.72. The number of aryl methyl sites for hydroxylation is 1. The molecule has 0 saturated carbocycles. The van der Waals surface area contributed by atoms with Gasteiger partial charge in [0.25, 0.3) is 10.1 Å². The molecule has 0 radical (unpaired) electrons. The van der Waals surface area contributed by atoms with E-state index in [1.807, 2.05) is 6.92 Å². The van der Waals surface area contributed by atoms with Gasteiger partial charge in [0.05, 0.1) is 4.90 Å². The van der Waals surface area contributed by atoms with Crippen LogP contribution >= 0.6 is 15.9 Å². The summed E-state index contributed by atoms with van der Waals surface area (Å²) in [6.45, 7) is 3.32. The van der Waals surface area contributed by atoms with Gasteiger partial charge in [0, 0.05) is 16.4 Å². The summed E-state index contributed by atoms with van der Waals surface area (Å²) in [6, 6.07) is 8.15. The van der Waals surface area contributed by atoms with Gasteiger partial charge in [0.2, 0.25) is 0 Å². The Kier molecular flexibility index (Phi) is 4.93. The fraction of sp³-hybridized carbons (Fsp3) is 0.231. The molecule has 21 heavy (non-hydrogen) atoms. The van der Waals surface area contributed by atoms with Crippen molar-refractivity contribution in [1.29, 1.82) is 0 Å². The van der Waals surface area contributed by atoms with E-state index in [4.69, 9.17) is 4.18 Å². The van der Waals surface area contributed by atoms with Crippen LogP contribution < -0.4 is 0 Å². The predicted octanol–water partition coefficient (Wildman–Crippen LogP) is 2.42. The Morgan fingerprint density at radius 1 is 1.33 bits per heavy atom. The summed E-state index contributed by atoms with van der Waals surface area (Å²) < 4.78 is 31.5. The van der Waals surface area contributed by atoms with Gasteiger partial charge in [-0.2, -0.15) is 8.42 Å². The van der Waals surface area contributed by atoms with Crippen molar-refractivity contribution in [3.8, 4) is 0 Å². The normalized spacial score (nSPS) is 11.6. The van der Waals surface area contributed by atoms with Gasteiger partial charge >= 0.3 is 7.05 Å². The molecule has 0 bridgehead atoms. The highest BCUT2D eigenvalue weighted by atomic mass is 79.9. The fourth-order valence-electron chi connectivity index (χ4n) is 1.86. The first kappa shape index (κ1) is 16.3. The number of hydrogen-bond acceptors (Lipinski definition) is 4. The molecule has 8 heteroatoms. The van der Waals surface area contributed by atoms with Gasteiger partial charge in [-0.1, -0.05) is 17.7 Å². The molecule has 0 saturated heterocycles. The minimum Gasteiger partial charge on any atom is -0.432 e. The first-order chi connectivity index (χ1) is 9.79. The van der Waals surface area contributed by atoms with Crippen LogP contribution in [0.4, 0.5) is 0 Å². The van der Waals surface area contributed by atoms with Crippen molar-refractivity contribution in [3.05, 3.63) is 52.3 Å². The van der Waals surface area contributed by atoms with Crippen molar-refractivity contribution in [2.75, 3.05) is 0 Å². The number of hydrogen-bond donors (Lipinski definition) is 1. The van der Waals surface area contributed by atoms with Crippen LogP contribution in [0.25, 0.3) is 0 Å². The Balaban J connectivity index is 2.17. The van der Waals surface area contributed by atoms with E-state index in [0.717, 1.165) is 10.0 Å². The van der Waals surface area contributed by atoms with Crippen molar-refractivity contribution in [3.63, 3.8) is 0 Å². The Morgan fingerprint density at radius 2 is 1.95 bits per heavy atom. The van der Waals surface area contributed by atoms with Gasteiger partial charge in [0.1, 0.15) is 6.61 Å². The summed E-state index contributed by atoms with van der Waals surface area (Å²) in [5, 5.41) is 9.63. The minimum absolute atomic E-state index is 0.113. The summed E-state index contributed by atoms with van der Waals surface area (Å²) in [4.78, 5) is 0.113. The first-order valence-electron chi connectivity index (χ1n) is 6.30. The number of nitrogens with zero attached hydrogens (tertiary/aromatic N) is 1. The molecule has 1 aromatic carbocycles. The maximum atomic E-state index is 12.1. The van der Waals surface area contributed by atoms with Crippen molar-refractivity contribution < 1.29 is 17.6 Å². The van der Waals surface area contributed by atoms with Crippen LogP contribution in [0.5, 0.6) is 0 Å². The third kappa shape index (κ3) is 3.97. The van der Waals surface area contributed by atoms with E-state index in [2.05, 4.69) is 15.9 Å². The Bertz CT molecular complexity index is 725. The summed E-state index contributed by atoms with van der Waals surface area (Å²) in [5.41, 5.74) is 1.54. The third-order valence-electron chi connectivity index (χ3n) is 2.97. The number of aromatic nitrogens is 1. The lowest BCUT2D eigenvalue weighted by Gasteiger charge is -2.10. The smallest absolute Gasteiger partial charge is 0.413 e. The molecule has 0 aliphatic heterocycles. The summed E-state index contributed by atoms with van der Waals surface area (Å²) in [7, 11) is -4.59. The van der Waals surface area contributed by atoms with Crippen LogP contribution in [0.15, 0.2) is 45.9 Å². The summed E-state index contributed by atoms with van der Waals surface area (Å²) in [5.74, 6) is 0. The van der Waals surface area contributed by atoms with Gasteiger partial charge in [-0.3, -0.25) is 4.18 Å². The van der Waals surface area contributed by atoms with Gasteiger partial charge in [0.15, 0.2) is 0 Å². The quantitative estimate of drug-likeness (QED) is 0.647. The average molecular weight is 372 g/mol. The molecule has 0 amide bonds. The predicted molar refractivity (Wildman–Crippen MR) is 84.5 cm³/mol. The Labute approximate surface area is 132 Å². The maximum absolute atomic E-state index is 12.1. The summed E-state index contributed by atoms with van der Waals surface area (Å²) in [6.07, 6.45) is 1.67. The lowest BCUT2D eigenvalue weighted by molar-refractivity contribution is 0.301. The second kappa shape index (κ2) is 6.35. The first-order valence-corrected chi connectivity index (χ1v) is 8.50. The third-order valence-corrected chi connectivity index (χ3v) is 4.68. The highest BCUT2D eigenvalue weighted by molar-refractivity contribution is 9.10. The molecule has 1 aromatic heterocycles. The van der Waals surface area contributed by atoms with E-state index in [0.29, 0.717) is 5.69 Å². The molecule has 2 aromatic rings. The standard InChI is InChI=1S/C13H15BBrNO4S/c1-10-3-5-13(6-4-10)21(18,19)20-9-12-7-11(15)8-16(12)14(2)17/h3-8,17H,9H2,1-2H3. The zero-order valence-corrected chi connectivity index (χ0v) is 14.1. The van der Waals surface area contributed by atoms with E-state index < -0.39 is 17.2 Å². The molecule has 0 atom stereocenters. The van der Waals surface area contributed by atoms with E-state index in [1.165, 1.54) is 16.6 Å². The minimum atomic E-state index is -3.82. The average Bonchev–Trinajstić information content (AvgIpc) is 2.79. The van der Waals surface area contributed by atoms with Crippen LogP contribution in [0.3, 0.4) is 0 Å². The lowest BCUT2D eigenvalue weighted by Crippen LogP contribution is -2.22. The van der Waals surface area contributed by atoms with Gasteiger partial charge < -0.3 is 9.50 Å².